The molecule has 0 aliphatic heterocycles. The minimum absolute atomic E-state index is 0.0564. The highest BCUT2D eigenvalue weighted by Gasteiger charge is 2.21. The standard InChI is InChI=1S/C12H19NO3S/c1-9(7-8-13)12-10(16-2)5-4-6-11(12)17(3,14)15/h4-6,9H,7-8,13H2,1-3H3. The average Bonchev–Trinajstić information content (AvgIpc) is 2.27. The highest BCUT2D eigenvalue weighted by atomic mass is 32.2. The molecule has 1 aromatic carbocycles. The summed E-state index contributed by atoms with van der Waals surface area (Å²) in [6.45, 7) is 2.47. The molecular formula is C12H19NO3S. The molecule has 1 rings (SSSR count). The lowest BCUT2D eigenvalue weighted by molar-refractivity contribution is 0.403. The molecule has 0 heterocycles. The molecule has 0 saturated heterocycles. The van der Waals surface area contributed by atoms with Crippen molar-refractivity contribution in [2.45, 2.75) is 24.2 Å². The van der Waals surface area contributed by atoms with E-state index in [4.69, 9.17) is 10.5 Å². The van der Waals surface area contributed by atoms with Gasteiger partial charge < -0.3 is 10.5 Å². The van der Waals surface area contributed by atoms with E-state index in [9.17, 15) is 8.42 Å². The van der Waals surface area contributed by atoms with Gasteiger partial charge in [-0.25, -0.2) is 8.42 Å². The maximum absolute atomic E-state index is 11.7. The third-order valence-corrected chi connectivity index (χ3v) is 3.89. The van der Waals surface area contributed by atoms with Crippen LogP contribution in [0.15, 0.2) is 23.1 Å². The molecule has 1 aromatic rings. The second-order valence-electron chi connectivity index (χ2n) is 4.12. The summed E-state index contributed by atoms with van der Waals surface area (Å²) in [5.74, 6) is 0.662. The van der Waals surface area contributed by atoms with E-state index in [2.05, 4.69) is 0 Å². The van der Waals surface area contributed by atoms with Gasteiger partial charge in [0.25, 0.3) is 0 Å². The van der Waals surface area contributed by atoms with Crippen molar-refractivity contribution in [3.05, 3.63) is 23.8 Å². The molecular weight excluding hydrogens is 238 g/mol. The third-order valence-electron chi connectivity index (χ3n) is 2.74. The van der Waals surface area contributed by atoms with E-state index in [1.165, 1.54) is 6.26 Å². The van der Waals surface area contributed by atoms with E-state index in [1.54, 1.807) is 25.3 Å². The Kier molecular flexibility index (Phi) is 4.54. The molecule has 96 valence electrons. The zero-order valence-electron chi connectivity index (χ0n) is 10.4. The lowest BCUT2D eigenvalue weighted by Gasteiger charge is -2.18. The molecule has 1 atom stereocenters. The molecule has 0 bridgehead atoms. The average molecular weight is 257 g/mol. The van der Waals surface area contributed by atoms with E-state index in [0.717, 1.165) is 12.0 Å². The summed E-state index contributed by atoms with van der Waals surface area (Å²) >= 11 is 0. The van der Waals surface area contributed by atoms with Gasteiger partial charge in [0.05, 0.1) is 12.0 Å². The first-order valence-corrected chi connectivity index (χ1v) is 7.38. The summed E-state index contributed by atoms with van der Waals surface area (Å²) in [6, 6.07) is 5.07. The van der Waals surface area contributed by atoms with Crippen molar-refractivity contribution in [3.8, 4) is 5.75 Å². The van der Waals surface area contributed by atoms with Crippen molar-refractivity contribution in [2.75, 3.05) is 19.9 Å². The Morgan fingerprint density at radius 2 is 2.06 bits per heavy atom. The second kappa shape index (κ2) is 5.51. The van der Waals surface area contributed by atoms with Gasteiger partial charge in [0, 0.05) is 11.8 Å². The van der Waals surface area contributed by atoms with Crippen molar-refractivity contribution in [3.63, 3.8) is 0 Å². The third kappa shape index (κ3) is 3.20. The Labute approximate surface area is 103 Å². The van der Waals surface area contributed by atoms with E-state index >= 15 is 0 Å². The molecule has 0 aromatic heterocycles. The first-order chi connectivity index (χ1) is 7.91. The number of benzene rings is 1. The maximum Gasteiger partial charge on any atom is 0.175 e. The Morgan fingerprint density at radius 1 is 1.41 bits per heavy atom. The van der Waals surface area contributed by atoms with Gasteiger partial charge >= 0.3 is 0 Å². The highest BCUT2D eigenvalue weighted by Crippen LogP contribution is 2.34. The van der Waals surface area contributed by atoms with Crippen molar-refractivity contribution >= 4 is 9.84 Å². The van der Waals surface area contributed by atoms with Crippen LogP contribution < -0.4 is 10.5 Å². The zero-order valence-corrected chi connectivity index (χ0v) is 11.3. The lowest BCUT2D eigenvalue weighted by Crippen LogP contribution is -2.10. The van der Waals surface area contributed by atoms with Crippen LogP contribution in [0.5, 0.6) is 5.75 Å². The maximum atomic E-state index is 11.7. The summed E-state index contributed by atoms with van der Waals surface area (Å²) < 4.78 is 28.7. The highest BCUT2D eigenvalue weighted by molar-refractivity contribution is 7.90. The zero-order chi connectivity index (χ0) is 13.1. The van der Waals surface area contributed by atoms with Gasteiger partial charge in [-0.3, -0.25) is 0 Å². The van der Waals surface area contributed by atoms with Crippen LogP contribution in [0.2, 0.25) is 0 Å². The minimum Gasteiger partial charge on any atom is -0.496 e. The fourth-order valence-electron chi connectivity index (χ4n) is 1.91. The van der Waals surface area contributed by atoms with Crippen molar-refractivity contribution < 1.29 is 13.2 Å². The van der Waals surface area contributed by atoms with Crippen molar-refractivity contribution in [1.82, 2.24) is 0 Å². The lowest BCUT2D eigenvalue weighted by atomic mass is 9.97. The molecule has 1 unspecified atom stereocenters. The fraction of sp³-hybridized carbons (Fsp3) is 0.500. The van der Waals surface area contributed by atoms with Gasteiger partial charge in [-0.05, 0) is 31.0 Å². The molecule has 0 spiro atoms. The largest absolute Gasteiger partial charge is 0.496 e. The Bertz CT molecular complexity index is 483. The quantitative estimate of drug-likeness (QED) is 0.869. The summed E-state index contributed by atoms with van der Waals surface area (Å²) in [6.07, 6.45) is 1.93. The molecule has 0 amide bonds. The van der Waals surface area contributed by atoms with Gasteiger partial charge in [-0.1, -0.05) is 13.0 Å². The molecule has 2 N–H and O–H groups in total. The van der Waals surface area contributed by atoms with Gasteiger partial charge in [0.15, 0.2) is 9.84 Å². The van der Waals surface area contributed by atoms with Gasteiger partial charge in [0.2, 0.25) is 0 Å². The first kappa shape index (κ1) is 14.0. The normalized spacial score (nSPS) is 13.4. The predicted octanol–water partition coefficient (Wildman–Crippen LogP) is 1.55. The van der Waals surface area contributed by atoms with Crippen molar-refractivity contribution in [2.24, 2.45) is 5.73 Å². The number of nitrogens with two attached hydrogens (primary N) is 1. The summed E-state index contributed by atoms with van der Waals surface area (Å²) in [5.41, 5.74) is 6.25. The number of sulfone groups is 1. The predicted molar refractivity (Wildman–Crippen MR) is 68.2 cm³/mol. The van der Waals surface area contributed by atoms with E-state index in [1.807, 2.05) is 6.92 Å². The van der Waals surface area contributed by atoms with Gasteiger partial charge in [0.1, 0.15) is 5.75 Å². The molecule has 4 nitrogen and oxygen atoms in total. The second-order valence-corrected chi connectivity index (χ2v) is 6.11. The van der Waals surface area contributed by atoms with E-state index < -0.39 is 9.84 Å². The van der Waals surface area contributed by atoms with Crippen LogP contribution in [0.1, 0.15) is 24.8 Å². The van der Waals surface area contributed by atoms with Crippen LogP contribution >= 0.6 is 0 Å². The monoisotopic (exact) mass is 257 g/mol. The summed E-state index contributed by atoms with van der Waals surface area (Å²) in [4.78, 5) is 0.331. The van der Waals surface area contributed by atoms with Crippen LogP contribution in [0.4, 0.5) is 0 Å². The number of methoxy groups -OCH3 is 1. The topological polar surface area (TPSA) is 69.4 Å². The van der Waals surface area contributed by atoms with E-state index in [0.29, 0.717) is 17.2 Å². The van der Waals surface area contributed by atoms with E-state index in [-0.39, 0.29) is 5.92 Å². The summed E-state index contributed by atoms with van der Waals surface area (Å²) in [5, 5.41) is 0. The Morgan fingerprint density at radius 3 is 2.53 bits per heavy atom. The molecule has 0 aliphatic carbocycles. The molecule has 0 saturated carbocycles. The van der Waals surface area contributed by atoms with Crippen LogP contribution in [-0.4, -0.2) is 28.3 Å². The van der Waals surface area contributed by atoms with Crippen LogP contribution in [0, 0.1) is 0 Å². The molecule has 5 heteroatoms. The SMILES string of the molecule is COc1cccc(S(C)(=O)=O)c1C(C)CCN. The molecule has 0 fully saturated rings. The first-order valence-electron chi connectivity index (χ1n) is 5.48. The number of ether oxygens (including phenoxy) is 1. The minimum atomic E-state index is -3.25. The Hall–Kier alpha value is -1.07. The van der Waals surface area contributed by atoms with Gasteiger partial charge in [-0.15, -0.1) is 0 Å². The number of rotatable bonds is 5. The van der Waals surface area contributed by atoms with Crippen molar-refractivity contribution in [1.29, 1.82) is 0 Å². The smallest absolute Gasteiger partial charge is 0.175 e. The van der Waals surface area contributed by atoms with Gasteiger partial charge in [-0.2, -0.15) is 0 Å². The molecule has 0 radical (unpaired) electrons. The number of hydrogen-bond donors (Lipinski definition) is 1. The summed E-state index contributed by atoms with van der Waals surface area (Å²) in [7, 11) is -1.71. The van der Waals surface area contributed by atoms with Crippen LogP contribution in [-0.2, 0) is 9.84 Å². The van der Waals surface area contributed by atoms with Crippen LogP contribution in [0.3, 0.4) is 0 Å². The Balaban J connectivity index is 3.41. The fourth-order valence-corrected chi connectivity index (χ4v) is 2.93. The molecule has 17 heavy (non-hydrogen) atoms. The molecule has 0 aliphatic rings. The number of hydrogen-bond acceptors (Lipinski definition) is 4. The van der Waals surface area contributed by atoms with Crippen LogP contribution in [0.25, 0.3) is 0 Å².